The van der Waals surface area contributed by atoms with Crippen LogP contribution in [0.15, 0.2) is 36.4 Å². The van der Waals surface area contributed by atoms with Crippen LogP contribution in [-0.4, -0.2) is 43.8 Å². The molecule has 138 valence electrons. The van der Waals surface area contributed by atoms with Crippen molar-refractivity contribution in [3.05, 3.63) is 57.0 Å². The average Bonchev–Trinajstić information content (AvgIpc) is 2.56. The fourth-order valence-corrected chi connectivity index (χ4v) is 2.70. The normalized spacial score (nSPS) is 10.7. The Kier molecular flexibility index (Phi) is 7.29. The van der Waals surface area contributed by atoms with Crippen LogP contribution in [0.3, 0.4) is 0 Å². The fourth-order valence-electron chi connectivity index (χ4n) is 2.10. The lowest BCUT2D eigenvalue weighted by Gasteiger charge is -2.11. The standard InChI is InChI=1S/C18H17Cl3N2O3/c1-23(2)9-16(24)11-4-3-5-12(6-11)22-18(25)10-26-17-8-14(20)13(19)7-15(17)21/h3-8H,9-10H2,1-2H3,(H,22,25). The molecule has 0 aliphatic heterocycles. The van der Waals surface area contributed by atoms with Gasteiger partial charge in [0.1, 0.15) is 5.75 Å². The van der Waals surface area contributed by atoms with E-state index in [0.29, 0.717) is 16.3 Å². The molecule has 0 unspecified atom stereocenters. The van der Waals surface area contributed by atoms with Crippen LogP contribution in [0.5, 0.6) is 5.75 Å². The van der Waals surface area contributed by atoms with Gasteiger partial charge in [-0.05, 0) is 32.3 Å². The molecule has 0 bridgehead atoms. The molecule has 0 aromatic heterocycles. The SMILES string of the molecule is CN(C)CC(=O)c1cccc(NC(=O)COc2cc(Cl)c(Cl)cc2Cl)c1. The summed E-state index contributed by atoms with van der Waals surface area (Å²) in [6.07, 6.45) is 0. The van der Waals surface area contributed by atoms with Crippen LogP contribution in [-0.2, 0) is 4.79 Å². The zero-order chi connectivity index (χ0) is 19.3. The summed E-state index contributed by atoms with van der Waals surface area (Å²) in [7, 11) is 3.63. The lowest BCUT2D eigenvalue weighted by Crippen LogP contribution is -2.22. The summed E-state index contributed by atoms with van der Waals surface area (Å²) in [6.45, 7) is 0.0177. The molecule has 0 fully saturated rings. The Bertz CT molecular complexity index is 825. The highest BCUT2D eigenvalue weighted by Crippen LogP contribution is 2.33. The van der Waals surface area contributed by atoms with E-state index in [1.165, 1.54) is 12.1 Å². The first-order valence-electron chi connectivity index (χ1n) is 7.61. The maximum atomic E-state index is 12.1. The van der Waals surface area contributed by atoms with Gasteiger partial charge in [0.15, 0.2) is 12.4 Å². The number of Topliss-reactive ketones (excluding diaryl/α,β-unsaturated/α-hetero) is 1. The molecule has 5 nitrogen and oxygen atoms in total. The number of ketones is 1. The topological polar surface area (TPSA) is 58.6 Å². The molecular weight excluding hydrogens is 399 g/mol. The second-order valence-electron chi connectivity index (χ2n) is 5.78. The number of hydrogen-bond donors (Lipinski definition) is 1. The number of nitrogens with one attached hydrogen (secondary N) is 1. The van der Waals surface area contributed by atoms with Gasteiger partial charge in [0.25, 0.3) is 5.91 Å². The van der Waals surface area contributed by atoms with E-state index in [2.05, 4.69) is 5.32 Å². The van der Waals surface area contributed by atoms with Gasteiger partial charge < -0.3 is 15.0 Å². The van der Waals surface area contributed by atoms with Crippen molar-refractivity contribution in [2.45, 2.75) is 0 Å². The van der Waals surface area contributed by atoms with E-state index in [1.807, 2.05) is 14.1 Å². The highest BCUT2D eigenvalue weighted by Gasteiger charge is 2.11. The lowest BCUT2D eigenvalue weighted by atomic mass is 10.1. The van der Waals surface area contributed by atoms with Gasteiger partial charge in [0.05, 0.1) is 21.6 Å². The number of hydrogen-bond acceptors (Lipinski definition) is 4. The molecule has 0 aliphatic rings. The van der Waals surface area contributed by atoms with Crippen molar-refractivity contribution in [1.29, 1.82) is 0 Å². The van der Waals surface area contributed by atoms with Crippen LogP contribution < -0.4 is 10.1 Å². The molecule has 2 aromatic carbocycles. The number of ether oxygens (including phenoxy) is 1. The summed E-state index contributed by atoms with van der Waals surface area (Å²) in [6, 6.07) is 9.60. The summed E-state index contributed by atoms with van der Waals surface area (Å²) in [5.74, 6) is -0.180. The molecule has 0 heterocycles. The van der Waals surface area contributed by atoms with Crippen molar-refractivity contribution in [1.82, 2.24) is 4.90 Å². The number of halogens is 3. The molecule has 2 rings (SSSR count). The first-order chi connectivity index (χ1) is 12.3. The van der Waals surface area contributed by atoms with Gasteiger partial charge in [0.2, 0.25) is 0 Å². The van der Waals surface area contributed by atoms with Crippen molar-refractivity contribution in [3.8, 4) is 5.75 Å². The van der Waals surface area contributed by atoms with Crippen LogP contribution in [0, 0.1) is 0 Å². The Balaban J connectivity index is 1.98. The van der Waals surface area contributed by atoms with Crippen LogP contribution in [0.2, 0.25) is 15.1 Å². The third-order valence-electron chi connectivity index (χ3n) is 3.26. The number of rotatable bonds is 7. The molecule has 0 aliphatic carbocycles. The van der Waals surface area contributed by atoms with E-state index in [-0.39, 0.29) is 34.7 Å². The lowest BCUT2D eigenvalue weighted by molar-refractivity contribution is -0.118. The van der Waals surface area contributed by atoms with Gasteiger partial charge in [-0.3, -0.25) is 9.59 Å². The monoisotopic (exact) mass is 414 g/mol. The van der Waals surface area contributed by atoms with Crippen molar-refractivity contribution in [3.63, 3.8) is 0 Å². The fraction of sp³-hybridized carbons (Fsp3) is 0.222. The first-order valence-corrected chi connectivity index (χ1v) is 8.75. The van der Waals surface area contributed by atoms with Gasteiger partial charge in [-0.25, -0.2) is 0 Å². The number of carbonyl (C=O) groups excluding carboxylic acids is 2. The van der Waals surface area contributed by atoms with Crippen molar-refractivity contribution in [2.75, 3.05) is 32.6 Å². The minimum Gasteiger partial charge on any atom is -0.482 e. The highest BCUT2D eigenvalue weighted by molar-refractivity contribution is 6.43. The highest BCUT2D eigenvalue weighted by atomic mass is 35.5. The van der Waals surface area contributed by atoms with E-state index in [1.54, 1.807) is 29.2 Å². The number of anilines is 1. The minimum atomic E-state index is -0.399. The molecule has 1 N–H and O–H groups in total. The maximum Gasteiger partial charge on any atom is 0.262 e. The van der Waals surface area contributed by atoms with Crippen molar-refractivity contribution in [2.24, 2.45) is 0 Å². The molecule has 0 atom stereocenters. The first kappa shape index (κ1) is 20.5. The Morgan fingerprint density at radius 1 is 1.04 bits per heavy atom. The number of benzene rings is 2. The number of likely N-dealkylation sites (N-methyl/N-ethyl adjacent to an activating group) is 1. The zero-order valence-corrected chi connectivity index (χ0v) is 16.5. The molecule has 26 heavy (non-hydrogen) atoms. The summed E-state index contributed by atoms with van der Waals surface area (Å²) in [5, 5.41) is 3.50. The predicted octanol–water partition coefficient (Wildman–Crippen LogP) is 4.41. The number of amides is 1. The Morgan fingerprint density at radius 2 is 1.73 bits per heavy atom. The molecule has 1 amide bonds. The Hall–Kier alpha value is -1.79. The van der Waals surface area contributed by atoms with Crippen LogP contribution >= 0.6 is 34.8 Å². The van der Waals surface area contributed by atoms with E-state index >= 15 is 0 Å². The van der Waals surface area contributed by atoms with Gasteiger partial charge in [0, 0.05) is 17.3 Å². The second-order valence-corrected chi connectivity index (χ2v) is 7.00. The largest absolute Gasteiger partial charge is 0.482 e. The molecular formula is C18H17Cl3N2O3. The molecule has 0 saturated carbocycles. The molecule has 8 heteroatoms. The Morgan fingerprint density at radius 3 is 2.42 bits per heavy atom. The van der Waals surface area contributed by atoms with Gasteiger partial charge in [-0.15, -0.1) is 0 Å². The number of carbonyl (C=O) groups is 2. The van der Waals surface area contributed by atoms with Crippen molar-refractivity contribution < 1.29 is 14.3 Å². The van der Waals surface area contributed by atoms with E-state index < -0.39 is 5.91 Å². The molecule has 0 spiro atoms. The zero-order valence-electron chi connectivity index (χ0n) is 14.2. The van der Waals surface area contributed by atoms with Gasteiger partial charge in [-0.1, -0.05) is 46.9 Å². The maximum absolute atomic E-state index is 12.1. The summed E-state index contributed by atoms with van der Waals surface area (Å²) in [4.78, 5) is 25.9. The summed E-state index contributed by atoms with van der Waals surface area (Å²) in [5.41, 5.74) is 1.02. The van der Waals surface area contributed by atoms with Crippen LogP contribution in [0.1, 0.15) is 10.4 Å². The average molecular weight is 416 g/mol. The third kappa shape index (κ3) is 5.88. The van der Waals surface area contributed by atoms with E-state index in [4.69, 9.17) is 39.5 Å². The molecule has 0 saturated heterocycles. The summed E-state index contributed by atoms with van der Waals surface area (Å²) < 4.78 is 5.38. The number of nitrogens with zero attached hydrogens (tertiary/aromatic N) is 1. The Labute approximate surface area is 166 Å². The molecule has 0 radical (unpaired) electrons. The quantitative estimate of drug-likeness (QED) is 0.537. The molecule has 2 aromatic rings. The van der Waals surface area contributed by atoms with Crippen LogP contribution in [0.4, 0.5) is 5.69 Å². The van der Waals surface area contributed by atoms with E-state index in [9.17, 15) is 9.59 Å². The predicted molar refractivity (Wildman–Crippen MR) is 105 cm³/mol. The second kappa shape index (κ2) is 9.24. The minimum absolute atomic E-state index is 0.0371. The van der Waals surface area contributed by atoms with Gasteiger partial charge >= 0.3 is 0 Å². The smallest absolute Gasteiger partial charge is 0.262 e. The van der Waals surface area contributed by atoms with Crippen molar-refractivity contribution >= 4 is 52.2 Å². The summed E-state index contributed by atoms with van der Waals surface area (Å²) >= 11 is 17.8. The van der Waals surface area contributed by atoms with Crippen LogP contribution in [0.25, 0.3) is 0 Å². The third-order valence-corrected chi connectivity index (χ3v) is 4.28. The van der Waals surface area contributed by atoms with Gasteiger partial charge in [-0.2, -0.15) is 0 Å². The van der Waals surface area contributed by atoms with E-state index in [0.717, 1.165) is 0 Å².